The van der Waals surface area contributed by atoms with Crippen molar-refractivity contribution >= 4 is 24.6 Å². The molecule has 0 aliphatic heterocycles. The van der Waals surface area contributed by atoms with Gasteiger partial charge in [-0.2, -0.15) is 12.6 Å². The van der Waals surface area contributed by atoms with Gasteiger partial charge in [-0.3, -0.25) is 4.79 Å². The topological polar surface area (TPSA) is 129 Å². The second-order valence-electron chi connectivity index (χ2n) is 2.04. The van der Waals surface area contributed by atoms with Gasteiger partial charge < -0.3 is 26.5 Å². The van der Waals surface area contributed by atoms with Crippen LogP contribution in [0.15, 0.2) is 0 Å². The predicted molar refractivity (Wildman–Crippen MR) is 48.1 cm³/mol. The Bertz CT molecular complexity index is 168. The van der Waals surface area contributed by atoms with Crippen molar-refractivity contribution in [1.82, 2.24) is 0 Å². The van der Waals surface area contributed by atoms with Crippen LogP contribution in [0.4, 0.5) is 0 Å². The van der Waals surface area contributed by atoms with E-state index in [1.165, 1.54) is 0 Å². The summed E-state index contributed by atoms with van der Waals surface area (Å²) in [5.41, 5.74) is 9.73. The Morgan fingerprint density at radius 3 is 1.93 bits per heavy atom. The molecule has 1 unspecified atom stereocenters. The fraction of sp³-hybridized carbons (Fsp3) is 0.667. The second-order valence-corrected chi connectivity index (χ2v) is 2.48. The summed E-state index contributed by atoms with van der Waals surface area (Å²) in [6.07, 6.45) is -0.595. The second kappa shape index (κ2) is 13.2. The summed E-state index contributed by atoms with van der Waals surface area (Å²) in [7, 11) is 0. The van der Waals surface area contributed by atoms with Gasteiger partial charge in [-0.1, -0.05) is 0 Å². The predicted octanol–water partition coefficient (Wildman–Crippen LogP) is -5.58. The third-order valence-corrected chi connectivity index (χ3v) is 1.08. The monoisotopic (exact) mass is 232 g/mol. The van der Waals surface area contributed by atoms with Crippen molar-refractivity contribution in [2.45, 2.75) is 12.5 Å². The molecule has 0 saturated heterocycles. The Kier molecular flexibility index (Phi) is 18.6. The first-order valence-corrected chi connectivity index (χ1v) is 4.08. The first-order chi connectivity index (χ1) is 5.95. The minimum absolute atomic E-state index is 0. The fourth-order valence-corrected chi connectivity index (χ4v) is 0.271. The maximum Gasteiger partial charge on any atom is 1.00 e. The molecule has 0 rings (SSSR count). The summed E-state index contributed by atoms with van der Waals surface area (Å²) in [6.45, 7) is 0.684. The first-order valence-electron chi connectivity index (χ1n) is 3.44. The average molecular weight is 232 g/mol. The van der Waals surface area contributed by atoms with Crippen LogP contribution in [0.2, 0.25) is 0 Å². The molecule has 0 aliphatic carbocycles. The Hall–Kier alpha value is 0.210. The first kappa shape index (κ1) is 19.7. The molecule has 0 aromatic carbocycles. The molecule has 0 saturated carbocycles. The molecule has 0 aromatic rings. The average Bonchev–Trinajstić information content (AvgIpc) is 2.03. The number of carbonyl (C=O) groups excluding carboxylic acids is 1. The molecule has 0 heterocycles. The molecule has 6 nitrogen and oxygen atoms in total. The van der Waals surface area contributed by atoms with E-state index in [-0.39, 0.29) is 29.6 Å². The van der Waals surface area contributed by atoms with E-state index < -0.39 is 24.4 Å². The van der Waals surface area contributed by atoms with Crippen LogP contribution < -0.4 is 46.1 Å². The molecule has 0 aliphatic rings. The number of nitrogens with two attached hydrogens (primary N) is 2. The van der Waals surface area contributed by atoms with Crippen molar-refractivity contribution in [3.8, 4) is 0 Å². The van der Waals surface area contributed by atoms with Crippen LogP contribution in [0.3, 0.4) is 0 Å². The number of hydrogen-bond acceptors (Lipinski definition) is 6. The molecule has 0 fully saturated rings. The van der Waals surface area contributed by atoms with Gasteiger partial charge in [-0.15, -0.1) is 0 Å². The zero-order valence-corrected chi connectivity index (χ0v) is 10.9. The van der Waals surface area contributed by atoms with Gasteiger partial charge in [-0.05, 0) is 0 Å². The van der Waals surface area contributed by atoms with Gasteiger partial charge in [0.25, 0.3) is 0 Å². The van der Waals surface area contributed by atoms with Crippen molar-refractivity contribution in [3.63, 3.8) is 0 Å². The summed E-state index contributed by atoms with van der Waals surface area (Å²) in [6, 6.07) is -1.40. The molecule has 0 bridgehead atoms. The Morgan fingerprint density at radius 1 is 1.50 bits per heavy atom. The summed E-state index contributed by atoms with van der Waals surface area (Å²) in [5.74, 6) is -2.00. The minimum atomic E-state index is -1.54. The standard InChI is InChI=1S/C4H7NO4.C2H7NS.Na/c5-2(4(8)9)1-3(6)7;3-1-2-4;/h2H,1,5H2,(H,6,7)(H,8,9);4H,1-3H2;/q;;+1/p-1. The van der Waals surface area contributed by atoms with E-state index in [0.29, 0.717) is 6.54 Å². The molecule has 5 N–H and O–H groups in total. The number of carboxylic acids is 2. The van der Waals surface area contributed by atoms with Crippen LogP contribution in [0.25, 0.3) is 0 Å². The Labute approximate surface area is 110 Å². The number of carbonyl (C=O) groups is 2. The quantitative estimate of drug-likeness (QED) is 0.282. The van der Waals surface area contributed by atoms with Crippen LogP contribution in [-0.2, 0) is 9.59 Å². The van der Waals surface area contributed by atoms with Crippen LogP contribution in [0.5, 0.6) is 0 Å². The third kappa shape index (κ3) is 18.1. The summed E-state index contributed by atoms with van der Waals surface area (Å²) >= 11 is 3.80. The maximum absolute atomic E-state index is 9.74. The van der Waals surface area contributed by atoms with Gasteiger partial charge in [-0.25, -0.2) is 0 Å². The van der Waals surface area contributed by atoms with Crippen LogP contribution >= 0.6 is 12.6 Å². The normalized spacial score (nSPS) is 10.2. The van der Waals surface area contributed by atoms with Crippen molar-refractivity contribution in [3.05, 3.63) is 0 Å². The summed E-state index contributed by atoms with van der Waals surface area (Å²) in [4.78, 5) is 19.5. The van der Waals surface area contributed by atoms with Crippen molar-refractivity contribution in [1.29, 1.82) is 0 Å². The van der Waals surface area contributed by atoms with Gasteiger partial charge in [0, 0.05) is 12.3 Å². The van der Waals surface area contributed by atoms with E-state index in [4.69, 9.17) is 16.6 Å². The molecule has 14 heavy (non-hydrogen) atoms. The largest absolute Gasteiger partial charge is 1.00 e. The van der Waals surface area contributed by atoms with Crippen molar-refractivity contribution in [2.24, 2.45) is 11.5 Å². The molecule has 8 heteroatoms. The zero-order chi connectivity index (χ0) is 10.9. The molecule has 0 aromatic heterocycles. The van der Waals surface area contributed by atoms with E-state index in [1.54, 1.807) is 0 Å². The van der Waals surface area contributed by atoms with Gasteiger partial charge in [0.1, 0.15) is 0 Å². The van der Waals surface area contributed by atoms with Crippen molar-refractivity contribution in [2.75, 3.05) is 12.3 Å². The van der Waals surface area contributed by atoms with E-state index >= 15 is 0 Å². The summed E-state index contributed by atoms with van der Waals surface area (Å²) in [5, 5.41) is 17.7. The van der Waals surface area contributed by atoms with E-state index in [1.807, 2.05) is 0 Å². The number of rotatable bonds is 4. The van der Waals surface area contributed by atoms with Crippen LogP contribution in [0, 0.1) is 0 Å². The number of carboxylic acid groups (broad SMARTS) is 2. The van der Waals surface area contributed by atoms with Gasteiger partial charge in [0.2, 0.25) is 0 Å². The van der Waals surface area contributed by atoms with E-state index in [0.717, 1.165) is 5.75 Å². The molecule has 0 radical (unpaired) electrons. The van der Waals surface area contributed by atoms with Gasteiger partial charge in [0.15, 0.2) is 0 Å². The Morgan fingerprint density at radius 2 is 1.86 bits per heavy atom. The molecular weight excluding hydrogens is 219 g/mol. The van der Waals surface area contributed by atoms with E-state index in [9.17, 15) is 14.7 Å². The third-order valence-electron chi connectivity index (χ3n) is 0.826. The molecule has 78 valence electrons. The zero-order valence-electron chi connectivity index (χ0n) is 7.97. The van der Waals surface area contributed by atoms with Crippen LogP contribution in [-0.4, -0.2) is 35.4 Å². The number of hydrogen-bond donors (Lipinski definition) is 4. The molecule has 0 amide bonds. The fourth-order valence-electron chi connectivity index (χ4n) is 0.271. The maximum atomic E-state index is 9.74. The summed E-state index contributed by atoms with van der Waals surface area (Å²) < 4.78 is 0. The molecule has 1 atom stereocenters. The van der Waals surface area contributed by atoms with Crippen molar-refractivity contribution < 1.29 is 49.4 Å². The number of aliphatic carboxylic acids is 2. The van der Waals surface area contributed by atoms with Gasteiger partial charge in [0.05, 0.1) is 18.4 Å². The van der Waals surface area contributed by atoms with E-state index in [2.05, 4.69) is 12.6 Å². The smallest absolute Gasteiger partial charge is 0.548 e. The SMILES string of the molecule is NC(CC(=O)O)C(=O)[O-].NCCS.[Na+]. The minimum Gasteiger partial charge on any atom is -0.548 e. The molecule has 0 spiro atoms. The number of thiol groups is 1. The Balaban J connectivity index is -0.000000209. The van der Waals surface area contributed by atoms with Gasteiger partial charge >= 0.3 is 35.5 Å². The van der Waals surface area contributed by atoms with Crippen LogP contribution in [0.1, 0.15) is 6.42 Å². The molecular formula is C6H13N2NaO4S.